The number of nitrogens with zero attached hydrogens (tertiary/aromatic N) is 1. The number of hydrogen-bond acceptors (Lipinski definition) is 3. The van der Waals surface area contributed by atoms with Crippen LogP contribution in [0.4, 0.5) is 10.5 Å². The first kappa shape index (κ1) is 15.1. The third-order valence-corrected chi connectivity index (χ3v) is 3.04. The molecule has 1 heterocycles. The number of alkyl carbamates (subject to hydrolysis) is 1. The van der Waals surface area contributed by atoms with Crippen molar-refractivity contribution < 1.29 is 14.3 Å². The maximum Gasteiger partial charge on any atom is 0.408 e. The van der Waals surface area contributed by atoms with Gasteiger partial charge >= 0.3 is 6.09 Å². The number of carbonyl (C=O) groups excluding carboxylic acids is 2. The van der Waals surface area contributed by atoms with Gasteiger partial charge in [-0.25, -0.2) is 4.79 Å². The zero-order valence-electron chi connectivity index (χ0n) is 12.7. The van der Waals surface area contributed by atoms with Crippen molar-refractivity contribution in [1.82, 2.24) is 5.32 Å². The predicted octanol–water partition coefficient (Wildman–Crippen LogP) is 2.57. The molecule has 112 valence electrons. The lowest BCUT2D eigenvalue weighted by molar-refractivity contribution is -0.119. The van der Waals surface area contributed by atoms with Crippen LogP contribution in [0.15, 0.2) is 30.3 Å². The second-order valence-electron chi connectivity index (χ2n) is 5.94. The molecule has 0 saturated heterocycles. The number of rotatable bonds is 1. The van der Waals surface area contributed by atoms with Crippen molar-refractivity contribution in [3.05, 3.63) is 35.9 Å². The van der Waals surface area contributed by atoms with Gasteiger partial charge in [0, 0.05) is 7.05 Å². The van der Waals surface area contributed by atoms with Crippen LogP contribution in [-0.4, -0.2) is 30.7 Å². The summed E-state index contributed by atoms with van der Waals surface area (Å²) in [6.07, 6.45) is 2.90. The van der Waals surface area contributed by atoms with Gasteiger partial charge in [0.25, 0.3) is 5.91 Å². The number of likely N-dealkylation sites (N-methyl/N-ethyl adjacent to an activating group) is 1. The Labute approximate surface area is 124 Å². The fraction of sp³-hybridized carbons (Fsp3) is 0.375. The van der Waals surface area contributed by atoms with E-state index in [9.17, 15) is 9.59 Å². The maximum atomic E-state index is 12.4. The number of benzene rings is 1. The maximum absolute atomic E-state index is 12.4. The minimum absolute atomic E-state index is 0.206. The molecule has 2 amide bonds. The summed E-state index contributed by atoms with van der Waals surface area (Å²) in [5.41, 5.74) is 1.14. The first-order chi connectivity index (χ1) is 9.78. The van der Waals surface area contributed by atoms with Crippen molar-refractivity contribution in [3.63, 3.8) is 0 Å². The number of hydrogen-bond donors (Lipinski definition) is 1. The summed E-state index contributed by atoms with van der Waals surface area (Å²) >= 11 is 0. The van der Waals surface area contributed by atoms with Crippen LogP contribution >= 0.6 is 0 Å². The van der Waals surface area contributed by atoms with Crippen molar-refractivity contribution in [2.45, 2.75) is 32.4 Å². The van der Waals surface area contributed by atoms with E-state index in [0.29, 0.717) is 0 Å². The van der Waals surface area contributed by atoms with Gasteiger partial charge in [-0.2, -0.15) is 0 Å². The summed E-state index contributed by atoms with van der Waals surface area (Å²) in [4.78, 5) is 25.8. The van der Waals surface area contributed by atoms with E-state index >= 15 is 0 Å². The third kappa shape index (κ3) is 3.62. The molecule has 2 rings (SSSR count). The average Bonchev–Trinajstić information content (AvgIpc) is 2.50. The summed E-state index contributed by atoms with van der Waals surface area (Å²) in [5.74, 6) is -0.206. The molecule has 1 N–H and O–H groups in total. The zero-order chi connectivity index (χ0) is 15.6. The lowest BCUT2D eigenvalue weighted by Gasteiger charge is -2.24. The highest BCUT2D eigenvalue weighted by Gasteiger charge is 2.27. The van der Waals surface area contributed by atoms with Crippen LogP contribution in [0.3, 0.4) is 0 Å². The van der Waals surface area contributed by atoms with E-state index in [1.54, 1.807) is 33.9 Å². The Morgan fingerprint density at radius 3 is 2.62 bits per heavy atom. The molecule has 1 atom stereocenters. The van der Waals surface area contributed by atoms with Gasteiger partial charge in [-0.1, -0.05) is 30.4 Å². The highest BCUT2D eigenvalue weighted by molar-refractivity contribution is 6.03. The summed E-state index contributed by atoms with van der Waals surface area (Å²) < 4.78 is 5.19. The topological polar surface area (TPSA) is 58.6 Å². The minimum Gasteiger partial charge on any atom is -0.444 e. The monoisotopic (exact) mass is 288 g/mol. The van der Waals surface area contributed by atoms with E-state index in [4.69, 9.17) is 4.74 Å². The largest absolute Gasteiger partial charge is 0.444 e. The van der Waals surface area contributed by atoms with E-state index in [1.807, 2.05) is 30.3 Å². The molecule has 1 aliphatic heterocycles. The standard InChI is InChI=1S/C16H20N2O3/c1-16(2,3)21-15(20)17-12-10-9-11-7-5-6-8-13(11)18(4)14(12)19/h5-10,12H,1-4H3,(H,17,20). The Bertz CT molecular complexity index is 587. The molecule has 0 aliphatic carbocycles. The van der Waals surface area contributed by atoms with Crippen LogP contribution in [0, 0.1) is 0 Å². The van der Waals surface area contributed by atoms with Crippen molar-refractivity contribution in [3.8, 4) is 0 Å². The predicted molar refractivity (Wildman–Crippen MR) is 82.0 cm³/mol. The van der Waals surface area contributed by atoms with Crippen LogP contribution in [0.2, 0.25) is 0 Å². The molecule has 0 saturated carbocycles. The number of fused-ring (bicyclic) bond motifs is 1. The van der Waals surface area contributed by atoms with Gasteiger partial charge in [0.05, 0.1) is 5.69 Å². The first-order valence-corrected chi connectivity index (χ1v) is 6.82. The number of ether oxygens (including phenoxy) is 1. The molecule has 1 aliphatic rings. The normalized spacial score (nSPS) is 18.0. The second-order valence-corrected chi connectivity index (χ2v) is 5.94. The van der Waals surface area contributed by atoms with Gasteiger partial charge in [-0.05, 0) is 32.4 Å². The third-order valence-electron chi connectivity index (χ3n) is 3.04. The van der Waals surface area contributed by atoms with Gasteiger partial charge in [0.2, 0.25) is 0 Å². The Balaban J connectivity index is 2.17. The molecule has 0 bridgehead atoms. The van der Waals surface area contributed by atoms with Crippen LogP contribution in [0.1, 0.15) is 26.3 Å². The van der Waals surface area contributed by atoms with Gasteiger partial charge < -0.3 is 15.0 Å². The Hall–Kier alpha value is -2.30. The van der Waals surface area contributed by atoms with Gasteiger partial charge in [0.15, 0.2) is 0 Å². The van der Waals surface area contributed by atoms with E-state index in [0.717, 1.165) is 11.3 Å². The van der Waals surface area contributed by atoms with Gasteiger partial charge in [-0.15, -0.1) is 0 Å². The summed E-state index contributed by atoms with van der Waals surface area (Å²) in [7, 11) is 1.69. The Morgan fingerprint density at radius 2 is 1.95 bits per heavy atom. The first-order valence-electron chi connectivity index (χ1n) is 6.82. The average molecular weight is 288 g/mol. The van der Waals surface area contributed by atoms with Crippen molar-refractivity contribution in [2.24, 2.45) is 0 Å². The molecule has 0 fully saturated rings. The Morgan fingerprint density at radius 1 is 1.29 bits per heavy atom. The summed E-state index contributed by atoms with van der Waals surface area (Å²) in [5, 5.41) is 2.59. The number of amides is 2. The molecular weight excluding hydrogens is 268 g/mol. The fourth-order valence-electron chi connectivity index (χ4n) is 2.09. The molecule has 0 spiro atoms. The molecule has 5 heteroatoms. The van der Waals surface area contributed by atoms with Crippen molar-refractivity contribution >= 4 is 23.8 Å². The number of para-hydroxylation sites is 1. The minimum atomic E-state index is -0.739. The lowest BCUT2D eigenvalue weighted by Crippen LogP contribution is -2.47. The number of carbonyl (C=O) groups is 2. The molecule has 0 aromatic heterocycles. The van der Waals surface area contributed by atoms with Crippen LogP contribution in [-0.2, 0) is 9.53 Å². The number of nitrogens with one attached hydrogen (secondary N) is 1. The van der Waals surface area contributed by atoms with Gasteiger partial charge in [-0.3, -0.25) is 4.79 Å². The SMILES string of the molecule is CN1C(=O)C(NC(=O)OC(C)(C)C)C=Cc2ccccc21. The van der Waals surface area contributed by atoms with Crippen molar-refractivity contribution in [2.75, 3.05) is 11.9 Å². The van der Waals surface area contributed by atoms with Crippen molar-refractivity contribution in [1.29, 1.82) is 0 Å². The molecule has 1 aromatic carbocycles. The molecule has 1 unspecified atom stereocenters. The van der Waals surface area contributed by atoms with Gasteiger partial charge in [0.1, 0.15) is 11.6 Å². The summed E-state index contributed by atoms with van der Waals surface area (Å²) in [6.45, 7) is 5.33. The molecule has 5 nitrogen and oxygen atoms in total. The zero-order valence-corrected chi connectivity index (χ0v) is 12.7. The number of anilines is 1. The van der Waals surface area contributed by atoms with Crippen LogP contribution < -0.4 is 10.2 Å². The van der Waals surface area contributed by atoms with Crippen LogP contribution in [0.25, 0.3) is 6.08 Å². The van der Waals surface area contributed by atoms with E-state index in [1.165, 1.54) is 4.90 Å². The fourth-order valence-corrected chi connectivity index (χ4v) is 2.09. The summed E-state index contributed by atoms with van der Waals surface area (Å²) in [6, 6.07) is 6.83. The second kappa shape index (κ2) is 5.60. The van der Waals surface area contributed by atoms with E-state index in [-0.39, 0.29) is 5.91 Å². The molecule has 1 aromatic rings. The van der Waals surface area contributed by atoms with Crippen LogP contribution in [0.5, 0.6) is 0 Å². The Kier molecular flexibility index (Phi) is 4.02. The lowest BCUT2D eigenvalue weighted by atomic mass is 10.1. The molecule has 21 heavy (non-hydrogen) atoms. The quantitative estimate of drug-likeness (QED) is 0.864. The van der Waals surface area contributed by atoms with E-state index < -0.39 is 17.7 Å². The highest BCUT2D eigenvalue weighted by atomic mass is 16.6. The molecular formula is C16H20N2O3. The molecule has 0 radical (unpaired) electrons. The highest BCUT2D eigenvalue weighted by Crippen LogP contribution is 2.24. The van der Waals surface area contributed by atoms with E-state index in [2.05, 4.69) is 5.32 Å². The smallest absolute Gasteiger partial charge is 0.408 e.